The highest BCUT2D eigenvalue weighted by Gasteiger charge is 2.47. The third kappa shape index (κ3) is 4.51. The fraction of sp³-hybridized carbons (Fsp3) is 0.300. The Morgan fingerprint density at radius 1 is 1.00 bits per heavy atom. The van der Waals surface area contributed by atoms with E-state index in [1.165, 1.54) is 4.90 Å². The maximum Gasteiger partial charge on any atom is 0.300 e. The molecule has 2 heterocycles. The van der Waals surface area contributed by atoms with Gasteiger partial charge in [0.05, 0.1) is 18.2 Å². The van der Waals surface area contributed by atoms with Crippen molar-refractivity contribution in [3.63, 3.8) is 0 Å². The molecule has 1 saturated heterocycles. The molecule has 0 bridgehead atoms. The van der Waals surface area contributed by atoms with Gasteiger partial charge in [-0.2, -0.15) is 0 Å². The Morgan fingerprint density at radius 3 is 2.31 bits per heavy atom. The number of aliphatic hydroxyl groups is 1. The van der Waals surface area contributed by atoms with Crippen LogP contribution in [0, 0.1) is 13.8 Å². The van der Waals surface area contributed by atoms with Crippen LogP contribution in [0.3, 0.4) is 0 Å². The second-order valence-corrected chi connectivity index (χ2v) is 10.1. The second-order valence-electron chi connectivity index (χ2n) is 10.1. The number of nitrogens with zero attached hydrogens (tertiary/aromatic N) is 2. The lowest BCUT2D eigenvalue weighted by molar-refractivity contribution is -0.132. The maximum absolute atomic E-state index is 13.4. The number of aliphatic hydroxyl groups excluding tert-OH is 1. The van der Waals surface area contributed by atoms with E-state index in [0.29, 0.717) is 23.4 Å². The van der Waals surface area contributed by atoms with Crippen molar-refractivity contribution in [2.75, 3.05) is 11.5 Å². The van der Waals surface area contributed by atoms with Crippen LogP contribution < -0.4 is 9.64 Å². The van der Waals surface area contributed by atoms with Crippen molar-refractivity contribution in [2.24, 2.45) is 0 Å². The molecule has 0 saturated carbocycles. The zero-order chi connectivity index (χ0) is 26.2. The van der Waals surface area contributed by atoms with Crippen LogP contribution in [0.1, 0.15) is 61.6 Å². The number of benzene rings is 2. The summed E-state index contributed by atoms with van der Waals surface area (Å²) in [5.41, 5.74) is 4.51. The SMILES string of the molecule is CCOc1ccc(/C(O)=C2/C(=O)C(=O)N(c3ccc(C)c(C)c3)C2c2ccncc2)cc1C(C)(C)C. The van der Waals surface area contributed by atoms with Gasteiger partial charge in [-0.3, -0.25) is 19.5 Å². The first-order valence-electron chi connectivity index (χ1n) is 12.1. The van der Waals surface area contributed by atoms with Gasteiger partial charge in [-0.25, -0.2) is 0 Å². The summed E-state index contributed by atoms with van der Waals surface area (Å²) in [5, 5.41) is 11.5. The number of Topliss-reactive ketones (excluding diaryl/α,β-unsaturated/α-hetero) is 1. The lowest BCUT2D eigenvalue weighted by Crippen LogP contribution is -2.29. The molecule has 0 radical (unpaired) electrons. The van der Waals surface area contributed by atoms with Crippen LogP contribution >= 0.6 is 0 Å². The Bertz CT molecular complexity index is 1350. The Kier molecular flexibility index (Phi) is 6.72. The van der Waals surface area contributed by atoms with Crippen LogP contribution in [0.2, 0.25) is 0 Å². The van der Waals surface area contributed by atoms with E-state index in [-0.39, 0.29) is 16.7 Å². The zero-order valence-electron chi connectivity index (χ0n) is 21.6. The number of carbonyl (C=O) groups excluding carboxylic acids is 2. The Labute approximate surface area is 212 Å². The van der Waals surface area contributed by atoms with E-state index in [2.05, 4.69) is 25.8 Å². The number of ether oxygens (including phenoxy) is 1. The van der Waals surface area contributed by atoms with E-state index in [1.54, 1.807) is 36.7 Å². The van der Waals surface area contributed by atoms with Gasteiger partial charge in [0.1, 0.15) is 11.5 Å². The Balaban J connectivity index is 1.94. The first-order valence-corrected chi connectivity index (χ1v) is 12.1. The summed E-state index contributed by atoms with van der Waals surface area (Å²) in [4.78, 5) is 32.4. The summed E-state index contributed by atoms with van der Waals surface area (Å²) in [6.45, 7) is 12.6. The van der Waals surface area contributed by atoms with E-state index < -0.39 is 17.7 Å². The molecule has 1 aromatic heterocycles. The first-order chi connectivity index (χ1) is 17.0. The highest BCUT2D eigenvalue weighted by atomic mass is 16.5. The smallest absolute Gasteiger partial charge is 0.300 e. The van der Waals surface area contributed by atoms with Crippen molar-refractivity contribution in [1.82, 2.24) is 4.98 Å². The van der Waals surface area contributed by atoms with Crippen molar-refractivity contribution >= 4 is 23.1 Å². The molecule has 1 fully saturated rings. The fourth-order valence-electron chi connectivity index (χ4n) is 4.54. The average molecular weight is 485 g/mol. The molecule has 186 valence electrons. The Hall–Kier alpha value is -3.93. The molecule has 1 aliphatic rings. The lowest BCUT2D eigenvalue weighted by atomic mass is 9.84. The number of ketones is 1. The van der Waals surface area contributed by atoms with E-state index in [4.69, 9.17) is 4.74 Å². The van der Waals surface area contributed by atoms with Gasteiger partial charge in [-0.05, 0) is 85.3 Å². The van der Waals surface area contributed by atoms with Gasteiger partial charge in [0.2, 0.25) is 0 Å². The van der Waals surface area contributed by atoms with E-state index in [1.807, 2.05) is 45.0 Å². The third-order valence-corrected chi connectivity index (χ3v) is 6.60. The number of aryl methyl sites for hydroxylation is 2. The molecule has 36 heavy (non-hydrogen) atoms. The molecule has 1 atom stereocenters. The fourth-order valence-corrected chi connectivity index (χ4v) is 4.54. The molecule has 1 aliphatic heterocycles. The molecular weight excluding hydrogens is 452 g/mol. The van der Waals surface area contributed by atoms with Crippen LogP contribution in [0.15, 0.2) is 66.5 Å². The number of amides is 1. The van der Waals surface area contributed by atoms with Crippen LogP contribution in [-0.2, 0) is 15.0 Å². The van der Waals surface area contributed by atoms with E-state index >= 15 is 0 Å². The third-order valence-electron chi connectivity index (χ3n) is 6.60. The van der Waals surface area contributed by atoms with Crippen molar-refractivity contribution in [3.8, 4) is 5.75 Å². The Morgan fingerprint density at radius 2 is 1.69 bits per heavy atom. The number of hydrogen-bond donors (Lipinski definition) is 1. The summed E-state index contributed by atoms with van der Waals surface area (Å²) in [6, 6.07) is 13.7. The van der Waals surface area contributed by atoms with Crippen molar-refractivity contribution < 1.29 is 19.4 Å². The van der Waals surface area contributed by atoms with E-state index in [9.17, 15) is 14.7 Å². The molecule has 0 aliphatic carbocycles. The highest BCUT2D eigenvalue weighted by Crippen LogP contribution is 2.43. The van der Waals surface area contributed by atoms with Crippen molar-refractivity contribution in [3.05, 3.63) is 94.3 Å². The minimum atomic E-state index is -0.792. The van der Waals surface area contributed by atoms with Crippen molar-refractivity contribution in [1.29, 1.82) is 0 Å². The molecule has 0 spiro atoms. The monoisotopic (exact) mass is 484 g/mol. The van der Waals surface area contributed by atoms with Gasteiger partial charge in [0.15, 0.2) is 0 Å². The van der Waals surface area contributed by atoms with Gasteiger partial charge in [0, 0.05) is 29.2 Å². The molecule has 6 heteroatoms. The largest absolute Gasteiger partial charge is 0.507 e. The van der Waals surface area contributed by atoms with Gasteiger partial charge < -0.3 is 9.84 Å². The molecule has 3 aromatic rings. The topological polar surface area (TPSA) is 79.7 Å². The molecular formula is C30H32N2O4. The summed E-state index contributed by atoms with van der Waals surface area (Å²) in [5.74, 6) is -0.889. The van der Waals surface area contributed by atoms with E-state index in [0.717, 1.165) is 22.4 Å². The van der Waals surface area contributed by atoms with Gasteiger partial charge in [-0.1, -0.05) is 26.8 Å². The van der Waals surface area contributed by atoms with Gasteiger partial charge in [0.25, 0.3) is 11.7 Å². The molecule has 1 N–H and O–H groups in total. The first kappa shape index (κ1) is 25.2. The molecule has 1 unspecified atom stereocenters. The highest BCUT2D eigenvalue weighted by molar-refractivity contribution is 6.51. The number of pyridine rings is 1. The minimum Gasteiger partial charge on any atom is -0.507 e. The molecule has 2 aromatic carbocycles. The summed E-state index contributed by atoms with van der Waals surface area (Å²) >= 11 is 0. The summed E-state index contributed by atoms with van der Waals surface area (Å²) in [6.07, 6.45) is 3.23. The number of anilines is 1. The standard InChI is InChI=1S/C30H32N2O4/c1-7-36-24-11-9-21(17-23(24)30(4,5)6)27(33)25-26(20-12-14-31-15-13-20)32(29(35)28(25)34)22-10-8-18(2)19(3)16-22/h8-17,26,33H,7H2,1-6H3/b27-25-. The number of rotatable bonds is 5. The number of hydrogen-bond acceptors (Lipinski definition) is 5. The normalized spacial score (nSPS) is 17.5. The second kappa shape index (κ2) is 9.61. The molecule has 1 amide bonds. The predicted molar refractivity (Wildman–Crippen MR) is 141 cm³/mol. The lowest BCUT2D eigenvalue weighted by Gasteiger charge is -2.26. The maximum atomic E-state index is 13.4. The minimum absolute atomic E-state index is 0.0495. The van der Waals surface area contributed by atoms with Crippen LogP contribution in [-0.4, -0.2) is 28.4 Å². The summed E-state index contributed by atoms with van der Waals surface area (Å²) in [7, 11) is 0. The van der Waals surface area contributed by atoms with Gasteiger partial charge in [-0.15, -0.1) is 0 Å². The summed E-state index contributed by atoms with van der Waals surface area (Å²) < 4.78 is 5.81. The van der Waals surface area contributed by atoms with Crippen LogP contribution in [0.5, 0.6) is 5.75 Å². The average Bonchev–Trinajstić information content (AvgIpc) is 3.11. The zero-order valence-corrected chi connectivity index (χ0v) is 21.6. The number of aromatic nitrogens is 1. The van der Waals surface area contributed by atoms with Crippen molar-refractivity contribution in [2.45, 2.75) is 53.0 Å². The number of carbonyl (C=O) groups is 2. The predicted octanol–water partition coefficient (Wildman–Crippen LogP) is 6.02. The molecule has 4 rings (SSSR count). The molecule has 6 nitrogen and oxygen atoms in total. The van der Waals surface area contributed by atoms with Crippen LogP contribution in [0.4, 0.5) is 5.69 Å². The van der Waals surface area contributed by atoms with Gasteiger partial charge >= 0.3 is 0 Å². The quantitative estimate of drug-likeness (QED) is 0.272. The van der Waals surface area contributed by atoms with Crippen LogP contribution in [0.25, 0.3) is 5.76 Å².